The second kappa shape index (κ2) is 7.61. The molecular weight excluding hydrogens is 200 g/mol. The van der Waals surface area contributed by atoms with Gasteiger partial charge in [-0.1, -0.05) is 25.3 Å². The van der Waals surface area contributed by atoms with Gasteiger partial charge in [0, 0.05) is 13.5 Å². The summed E-state index contributed by atoms with van der Waals surface area (Å²) in [6, 6.07) is 0. The average Bonchev–Trinajstić information content (AvgIpc) is 2.32. The summed E-state index contributed by atoms with van der Waals surface area (Å²) in [7, 11) is 1.67. The van der Waals surface area contributed by atoms with Crippen molar-refractivity contribution >= 4 is 5.78 Å². The highest BCUT2D eigenvalue weighted by Crippen LogP contribution is 2.28. The molecule has 0 aliphatic heterocycles. The molecule has 1 saturated carbocycles. The zero-order valence-corrected chi connectivity index (χ0v) is 10.4. The first-order valence-electron chi connectivity index (χ1n) is 6.46. The zero-order valence-electron chi connectivity index (χ0n) is 10.4. The molecule has 0 spiro atoms. The molecule has 1 aliphatic carbocycles. The van der Waals surface area contributed by atoms with E-state index in [2.05, 4.69) is 6.58 Å². The fourth-order valence-corrected chi connectivity index (χ4v) is 2.59. The highest BCUT2D eigenvalue weighted by atomic mass is 16.5. The molecule has 0 N–H and O–H groups in total. The molecule has 0 amide bonds. The lowest BCUT2D eigenvalue weighted by molar-refractivity contribution is -0.132. The van der Waals surface area contributed by atoms with Crippen molar-refractivity contribution in [3.05, 3.63) is 12.7 Å². The summed E-state index contributed by atoms with van der Waals surface area (Å²) in [6.07, 6.45) is 10.3. The minimum absolute atomic E-state index is 0.148. The fourth-order valence-electron chi connectivity index (χ4n) is 2.59. The van der Waals surface area contributed by atoms with Crippen molar-refractivity contribution in [2.24, 2.45) is 5.92 Å². The lowest BCUT2D eigenvalue weighted by atomic mass is 9.83. The Morgan fingerprint density at radius 1 is 1.44 bits per heavy atom. The van der Waals surface area contributed by atoms with E-state index in [0.717, 1.165) is 25.7 Å². The minimum Gasteiger partial charge on any atom is -0.373 e. The number of carbonyl (C=O) groups is 1. The van der Waals surface area contributed by atoms with Crippen LogP contribution in [0.3, 0.4) is 0 Å². The Morgan fingerprint density at radius 3 is 2.69 bits per heavy atom. The van der Waals surface area contributed by atoms with Gasteiger partial charge in [-0.05, 0) is 31.6 Å². The highest BCUT2D eigenvalue weighted by Gasteiger charge is 2.28. The van der Waals surface area contributed by atoms with E-state index in [1.54, 1.807) is 7.11 Å². The van der Waals surface area contributed by atoms with Crippen LogP contribution < -0.4 is 0 Å². The Kier molecular flexibility index (Phi) is 6.39. The zero-order chi connectivity index (χ0) is 11.8. The molecule has 16 heavy (non-hydrogen) atoms. The molecule has 0 aromatic rings. The third-order valence-corrected chi connectivity index (χ3v) is 3.48. The van der Waals surface area contributed by atoms with Gasteiger partial charge < -0.3 is 4.74 Å². The van der Waals surface area contributed by atoms with Gasteiger partial charge in [0.1, 0.15) is 6.10 Å². The normalized spacial score (nSPS) is 19.3. The number of ether oxygens (including phenoxy) is 1. The van der Waals surface area contributed by atoms with Crippen LogP contribution in [0.5, 0.6) is 0 Å². The SMILES string of the molecule is C=CCCCC(=O)C(OC)C1CCCCC1. The van der Waals surface area contributed by atoms with E-state index in [-0.39, 0.29) is 11.9 Å². The molecular formula is C14H24O2. The number of allylic oxidation sites excluding steroid dienone is 1. The summed E-state index contributed by atoms with van der Waals surface area (Å²) in [5, 5.41) is 0. The van der Waals surface area contributed by atoms with Gasteiger partial charge in [0.2, 0.25) is 0 Å². The van der Waals surface area contributed by atoms with Crippen molar-refractivity contribution in [2.75, 3.05) is 7.11 Å². The molecule has 2 nitrogen and oxygen atoms in total. The maximum Gasteiger partial charge on any atom is 0.161 e. The predicted octanol–water partition coefficient (Wildman–Crippen LogP) is 3.51. The van der Waals surface area contributed by atoms with Crippen LogP contribution in [0.2, 0.25) is 0 Å². The van der Waals surface area contributed by atoms with E-state index in [9.17, 15) is 4.79 Å². The van der Waals surface area contributed by atoms with Crippen LogP contribution in [0, 0.1) is 5.92 Å². The first kappa shape index (κ1) is 13.4. The molecule has 0 aromatic heterocycles. The molecule has 0 bridgehead atoms. The molecule has 0 radical (unpaired) electrons. The van der Waals surface area contributed by atoms with Gasteiger partial charge in [-0.15, -0.1) is 6.58 Å². The van der Waals surface area contributed by atoms with Crippen molar-refractivity contribution in [1.29, 1.82) is 0 Å². The fraction of sp³-hybridized carbons (Fsp3) is 0.786. The Bertz CT molecular complexity index is 217. The van der Waals surface area contributed by atoms with Crippen LogP contribution in [0.1, 0.15) is 51.4 Å². The van der Waals surface area contributed by atoms with Crippen molar-refractivity contribution < 1.29 is 9.53 Å². The molecule has 1 atom stereocenters. The van der Waals surface area contributed by atoms with Crippen LogP contribution >= 0.6 is 0 Å². The number of hydrogen-bond acceptors (Lipinski definition) is 2. The lowest BCUT2D eigenvalue weighted by Gasteiger charge is -2.28. The molecule has 0 saturated heterocycles. The second-order valence-electron chi connectivity index (χ2n) is 4.70. The number of unbranched alkanes of at least 4 members (excludes halogenated alkanes) is 1. The highest BCUT2D eigenvalue weighted by molar-refractivity contribution is 5.83. The van der Waals surface area contributed by atoms with Gasteiger partial charge >= 0.3 is 0 Å². The number of methoxy groups -OCH3 is 1. The standard InChI is InChI=1S/C14H24O2/c1-3-4-6-11-13(15)14(16-2)12-9-7-5-8-10-12/h3,12,14H,1,4-11H2,2H3. The summed E-state index contributed by atoms with van der Waals surface area (Å²) < 4.78 is 5.41. The maximum absolute atomic E-state index is 12.0. The van der Waals surface area contributed by atoms with Crippen LogP contribution in [0.25, 0.3) is 0 Å². The number of carbonyl (C=O) groups excluding carboxylic acids is 1. The number of ketones is 1. The molecule has 2 heteroatoms. The van der Waals surface area contributed by atoms with Crippen molar-refractivity contribution in [2.45, 2.75) is 57.5 Å². The van der Waals surface area contributed by atoms with E-state index in [4.69, 9.17) is 4.74 Å². The Hall–Kier alpha value is -0.630. The Balaban J connectivity index is 2.38. The van der Waals surface area contributed by atoms with Crippen LogP contribution in [-0.4, -0.2) is 19.0 Å². The summed E-state index contributed by atoms with van der Waals surface area (Å²) in [5.74, 6) is 0.756. The first-order valence-corrected chi connectivity index (χ1v) is 6.46. The predicted molar refractivity (Wildman–Crippen MR) is 66.4 cm³/mol. The largest absolute Gasteiger partial charge is 0.373 e. The van der Waals surface area contributed by atoms with Gasteiger partial charge in [-0.3, -0.25) is 4.79 Å². The monoisotopic (exact) mass is 224 g/mol. The minimum atomic E-state index is -0.148. The number of Topliss-reactive ketones (excluding diaryl/α,β-unsaturated/α-hetero) is 1. The van der Waals surface area contributed by atoms with Crippen molar-refractivity contribution in [1.82, 2.24) is 0 Å². The van der Waals surface area contributed by atoms with Crippen molar-refractivity contribution in [3.63, 3.8) is 0 Å². The molecule has 0 heterocycles. The second-order valence-corrected chi connectivity index (χ2v) is 4.70. The maximum atomic E-state index is 12.0. The van der Waals surface area contributed by atoms with Gasteiger partial charge in [0.25, 0.3) is 0 Å². The summed E-state index contributed by atoms with van der Waals surface area (Å²) >= 11 is 0. The van der Waals surface area contributed by atoms with Gasteiger partial charge in [-0.2, -0.15) is 0 Å². The quantitative estimate of drug-likeness (QED) is 0.488. The number of rotatable bonds is 7. The van der Waals surface area contributed by atoms with E-state index in [0.29, 0.717) is 12.3 Å². The van der Waals surface area contributed by atoms with E-state index in [1.165, 1.54) is 19.3 Å². The van der Waals surface area contributed by atoms with Crippen LogP contribution in [-0.2, 0) is 9.53 Å². The molecule has 1 rings (SSSR count). The molecule has 1 fully saturated rings. The van der Waals surface area contributed by atoms with Crippen LogP contribution in [0.15, 0.2) is 12.7 Å². The van der Waals surface area contributed by atoms with Crippen molar-refractivity contribution in [3.8, 4) is 0 Å². The van der Waals surface area contributed by atoms with Gasteiger partial charge in [-0.25, -0.2) is 0 Å². The smallest absolute Gasteiger partial charge is 0.161 e. The molecule has 1 aliphatic rings. The molecule has 0 aromatic carbocycles. The first-order chi connectivity index (χ1) is 7.79. The topological polar surface area (TPSA) is 26.3 Å². The third kappa shape index (κ3) is 4.09. The summed E-state index contributed by atoms with van der Waals surface area (Å²) in [5.41, 5.74) is 0. The Labute approximate surface area is 99.1 Å². The molecule has 92 valence electrons. The lowest BCUT2D eigenvalue weighted by Crippen LogP contribution is -2.32. The van der Waals surface area contributed by atoms with E-state index >= 15 is 0 Å². The number of hydrogen-bond donors (Lipinski definition) is 0. The van der Waals surface area contributed by atoms with Gasteiger partial charge in [0.05, 0.1) is 0 Å². The Morgan fingerprint density at radius 2 is 2.12 bits per heavy atom. The average molecular weight is 224 g/mol. The van der Waals surface area contributed by atoms with Crippen LogP contribution in [0.4, 0.5) is 0 Å². The van der Waals surface area contributed by atoms with E-state index in [1.807, 2.05) is 6.08 Å². The van der Waals surface area contributed by atoms with Gasteiger partial charge in [0.15, 0.2) is 5.78 Å². The summed E-state index contributed by atoms with van der Waals surface area (Å²) in [6.45, 7) is 3.67. The third-order valence-electron chi connectivity index (χ3n) is 3.48. The summed E-state index contributed by atoms with van der Waals surface area (Å²) in [4.78, 5) is 12.0. The van der Waals surface area contributed by atoms with E-state index < -0.39 is 0 Å². The molecule has 1 unspecified atom stereocenters.